The van der Waals surface area contributed by atoms with Crippen LogP contribution in [0.2, 0.25) is 0 Å². The zero-order valence-electron chi connectivity index (χ0n) is 15.0. The van der Waals surface area contributed by atoms with E-state index in [2.05, 4.69) is 12.1 Å². The fraction of sp³-hybridized carbons (Fsp3) is 0.368. The number of hydrogen-bond acceptors (Lipinski definition) is 4. The van der Waals surface area contributed by atoms with Gasteiger partial charge in [0.25, 0.3) is 0 Å². The average Bonchev–Trinajstić information content (AvgIpc) is 2.92. The molecule has 7 heteroatoms. The Hall–Kier alpha value is -1.93. The maximum atomic E-state index is 12.0. The SMILES string of the molecule is COCCN(CC(O)Cn1c2ccccc2c2ccccc21)S(C)(=O)=O. The summed E-state index contributed by atoms with van der Waals surface area (Å²) in [5.74, 6) is 0. The molecule has 1 aromatic heterocycles. The molecule has 0 aliphatic rings. The minimum Gasteiger partial charge on any atom is -0.390 e. The van der Waals surface area contributed by atoms with Gasteiger partial charge in [-0.15, -0.1) is 0 Å². The topological polar surface area (TPSA) is 71.8 Å². The van der Waals surface area contributed by atoms with Gasteiger partial charge in [-0.05, 0) is 12.1 Å². The van der Waals surface area contributed by atoms with Gasteiger partial charge in [0, 0.05) is 42.0 Å². The van der Waals surface area contributed by atoms with Crippen LogP contribution in [0, 0.1) is 0 Å². The molecular formula is C19H24N2O4S. The van der Waals surface area contributed by atoms with E-state index in [1.807, 2.05) is 41.0 Å². The Labute approximate surface area is 153 Å². The first kappa shape index (κ1) is 18.8. The lowest BCUT2D eigenvalue weighted by Gasteiger charge is -2.23. The Morgan fingerprint density at radius 1 is 1.08 bits per heavy atom. The lowest BCUT2D eigenvalue weighted by Crippen LogP contribution is -2.40. The standard InChI is InChI=1S/C19H24N2O4S/c1-25-12-11-20(26(2,23)24)13-15(22)14-21-18-9-5-3-7-16(18)17-8-4-6-10-19(17)21/h3-10,15,22H,11-14H2,1-2H3. The molecule has 1 unspecified atom stereocenters. The van der Waals surface area contributed by atoms with Gasteiger partial charge < -0.3 is 14.4 Å². The summed E-state index contributed by atoms with van der Waals surface area (Å²) in [5.41, 5.74) is 2.05. The molecule has 2 aromatic carbocycles. The number of aliphatic hydroxyl groups excluding tert-OH is 1. The molecule has 1 N–H and O–H groups in total. The number of methoxy groups -OCH3 is 1. The first-order valence-electron chi connectivity index (χ1n) is 8.50. The molecule has 0 aliphatic carbocycles. The summed E-state index contributed by atoms with van der Waals surface area (Å²) in [6, 6.07) is 16.1. The predicted octanol–water partition coefficient (Wildman–Crippen LogP) is 2.06. The summed E-state index contributed by atoms with van der Waals surface area (Å²) >= 11 is 0. The zero-order chi connectivity index (χ0) is 18.7. The van der Waals surface area contributed by atoms with E-state index in [-0.39, 0.29) is 19.7 Å². The molecule has 26 heavy (non-hydrogen) atoms. The highest BCUT2D eigenvalue weighted by Crippen LogP contribution is 2.28. The van der Waals surface area contributed by atoms with E-state index in [4.69, 9.17) is 4.74 Å². The normalized spacial score (nSPS) is 13.7. The minimum atomic E-state index is -3.41. The van der Waals surface area contributed by atoms with Crippen LogP contribution >= 0.6 is 0 Å². The molecule has 0 bridgehead atoms. The quantitative estimate of drug-likeness (QED) is 0.653. The van der Waals surface area contributed by atoms with Gasteiger partial charge in [-0.3, -0.25) is 0 Å². The molecule has 0 fully saturated rings. The van der Waals surface area contributed by atoms with Crippen LogP contribution in [0.15, 0.2) is 48.5 Å². The fourth-order valence-corrected chi connectivity index (χ4v) is 4.14. The molecule has 0 radical (unpaired) electrons. The van der Waals surface area contributed by atoms with E-state index in [0.717, 1.165) is 28.1 Å². The third-order valence-corrected chi connectivity index (χ3v) is 5.77. The number of aromatic nitrogens is 1. The Kier molecular flexibility index (Phi) is 5.62. The fourth-order valence-electron chi connectivity index (χ4n) is 3.29. The molecule has 3 rings (SSSR count). The summed E-state index contributed by atoms with van der Waals surface area (Å²) in [7, 11) is -1.89. The summed E-state index contributed by atoms with van der Waals surface area (Å²) < 4.78 is 32.2. The summed E-state index contributed by atoms with van der Waals surface area (Å²) in [5, 5.41) is 12.8. The molecule has 0 amide bonds. The van der Waals surface area contributed by atoms with Crippen molar-refractivity contribution >= 4 is 31.8 Å². The highest BCUT2D eigenvalue weighted by Gasteiger charge is 2.21. The monoisotopic (exact) mass is 376 g/mol. The first-order valence-corrected chi connectivity index (χ1v) is 10.3. The number of nitrogens with zero attached hydrogens (tertiary/aromatic N) is 2. The van der Waals surface area contributed by atoms with Crippen LogP contribution in [0.3, 0.4) is 0 Å². The summed E-state index contributed by atoms with van der Waals surface area (Å²) in [6.07, 6.45) is 0.316. The lowest BCUT2D eigenvalue weighted by molar-refractivity contribution is 0.115. The Morgan fingerprint density at radius 2 is 1.62 bits per heavy atom. The van der Waals surface area contributed by atoms with Crippen molar-refractivity contribution in [3.05, 3.63) is 48.5 Å². The molecule has 0 saturated heterocycles. The number of para-hydroxylation sites is 2. The van der Waals surface area contributed by atoms with E-state index in [1.165, 1.54) is 11.4 Å². The third-order valence-electron chi connectivity index (χ3n) is 4.50. The Balaban J connectivity index is 1.90. The van der Waals surface area contributed by atoms with Gasteiger partial charge in [-0.2, -0.15) is 4.31 Å². The van der Waals surface area contributed by atoms with Crippen molar-refractivity contribution < 1.29 is 18.3 Å². The molecule has 0 aliphatic heterocycles. The van der Waals surface area contributed by atoms with Crippen molar-refractivity contribution in [2.45, 2.75) is 12.6 Å². The highest BCUT2D eigenvalue weighted by molar-refractivity contribution is 7.88. The van der Waals surface area contributed by atoms with Crippen LogP contribution in [0.4, 0.5) is 0 Å². The number of rotatable bonds is 8. The minimum absolute atomic E-state index is 0.0308. The second-order valence-electron chi connectivity index (χ2n) is 6.41. The molecule has 1 heterocycles. The smallest absolute Gasteiger partial charge is 0.211 e. The van der Waals surface area contributed by atoms with Gasteiger partial charge in [0.1, 0.15) is 0 Å². The molecule has 3 aromatic rings. The van der Waals surface area contributed by atoms with Crippen molar-refractivity contribution in [3.8, 4) is 0 Å². The number of fused-ring (bicyclic) bond motifs is 3. The van der Waals surface area contributed by atoms with Crippen LogP contribution in [-0.2, 0) is 21.3 Å². The highest BCUT2D eigenvalue weighted by atomic mass is 32.2. The largest absolute Gasteiger partial charge is 0.390 e. The number of aliphatic hydroxyl groups is 1. The van der Waals surface area contributed by atoms with Crippen molar-refractivity contribution in [3.63, 3.8) is 0 Å². The maximum absolute atomic E-state index is 12.0. The van der Waals surface area contributed by atoms with E-state index < -0.39 is 16.1 Å². The molecule has 140 valence electrons. The number of sulfonamides is 1. The van der Waals surface area contributed by atoms with Crippen molar-refractivity contribution in [1.29, 1.82) is 0 Å². The Bertz CT molecular complexity index is 944. The summed E-state index contributed by atoms with van der Waals surface area (Å²) in [6.45, 7) is 0.852. The van der Waals surface area contributed by atoms with Crippen LogP contribution in [0.25, 0.3) is 21.8 Å². The van der Waals surface area contributed by atoms with Gasteiger partial charge in [-0.25, -0.2) is 8.42 Å². The number of ether oxygens (including phenoxy) is 1. The molecule has 0 saturated carbocycles. The Morgan fingerprint density at radius 3 is 2.12 bits per heavy atom. The van der Waals surface area contributed by atoms with Crippen LogP contribution < -0.4 is 0 Å². The molecule has 6 nitrogen and oxygen atoms in total. The number of hydrogen-bond donors (Lipinski definition) is 1. The van der Waals surface area contributed by atoms with Crippen molar-refractivity contribution in [2.75, 3.05) is 33.1 Å². The van der Waals surface area contributed by atoms with Crippen LogP contribution in [0.1, 0.15) is 0 Å². The lowest BCUT2D eigenvalue weighted by atomic mass is 10.2. The average molecular weight is 376 g/mol. The van der Waals surface area contributed by atoms with E-state index in [0.29, 0.717) is 6.54 Å². The first-order chi connectivity index (χ1) is 12.4. The number of benzene rings is 2. The zero-order valence-corrected chi connectivity index (χ0v) is 15.8. The second-order valence-corrected chi connectivity index (χ2v) is 8.39. The summed E-state index contributed by atoms with van der Waals surface area (Å²) in [4.78, 5) is 0. The van der Waals surface area contributed by atoms with Gasteiger partial charge in [0.2, 0.25) is 10.0 Å². The second kappa shape index (κ2) is 7.75. The van der Waals surface area contributed by atoms with Crippen molar-refractivity contribution in [1.82, 2.24) is 8.87 Å². The van der Waals surface area contributed by atoms with E-state index >= 15 is 0 Å². The van der Waals surface area contributed by atoms with E-state index in [1.54, 1.807) is 0 Å². The van der Waals surface area contributed by atoms with Crippen LogP contribution in [0.5, 0.6) is 0 Å². The molecule has 1 atom stereocenters. The van der Waals surface area contributed by atoms with Gasteiger partial charge >= 0.3 is 0 Å². The third kappa shape index (κ3) is 3.91. The van der Waals surface area contributed by atoms with Crippen molar-refractivity contribution in [2.24, 2.45) is 0 Å². The predicted molar refractivity (Wildman–Crippen MR) is 104 cm³/mol. The van der Waals surface area contributed by atoms with E-state index in [9.17, 15) is 13.5 Å². The van der Waals surface area contributed by atoms with Gasteiger partial charge in [-0.1, -0.05) is 36.4 Å². The molecular weight excluding hydrogens is 352 g/mol. The van der Waals surface area contributed by atoms with Crippen LogP contribution in [-0.4, -0.2) is 61.6 Å². The maximum Gasteiger partial charge on any atom is 0.211 e. The van der Waals surface area contributed by atoms with Gasteiger partial charge in [0.15, 0.2) is 0 Å². The van der Waals surface area contributed by atoms with Gasteiger partial charge in [0.05, 0.1) is 25.5 Å². The molecule has 0 spiro atoms.